The van der Waals surface area contributed by atoms with Gasteiger partial charge < -0.3 is 9.47 Å². The molecule has 0 aromatic heterocycles. The molecule has 0 atom stereocenters. The maximum absolute atomic E-state index is 6.15. The van der Waals surface area contributed by atoms with Crippen molar-refractivity contribution in [3.8, 4) is 67.1 Å². The van der Waals surface area contributed by atoms with Gasteiger partial charge in [-0.2, -0.15) is 0 Å². The van der Waals surface area contributed by atoms with Gasteiger partial charge in [0.05, 0.1) is 14.2 Å². The average Bonchev–Trinajstić information content (AvgIpc) is 3.59. The Morgan fingerprint density at radius 1 is 0.327 bits per heavy atom. The van der Waals surface area contributed by atoms with Gasteiger partial charge in [0.2, 0.25) is 0 Å². The van der Waals surface area contributed by atoms with Crippen LogP contribution in [0.15, 0.2) is 109 Å². The smallest absolute Gasteiger partial charge is 0.127 e. The van der Waals surface area contributed by atoms with Crippen molar-refractivity contribution in [2.75, 3.05) is 14.2 Å². The van der Waals surface area contributed by atoms with E-state index in [1.165, 1.54) is 77.9 Å². The van der Waals surface area contributed by atoms with Crippen LogP contribution in [0, 0.1) is 0 Å². The van der Waals surface area contributed by atoms with Gasteiger partial charge in [0.15, 0.2) is 0 Å². The molecule has 9 rings (SSSR count). The number of ether oxygens (including phenoxy) is 2. The Labute approximate surface area is 290 Å². The van der Waals surface area contributed by atoms with E-state index in [1.54, 1.807) is 14.2 Å². The Hall–Kier alpha value is -5.08. The highest BCUT2D eigenvalue weighted by Crippen LogP contribution is 2.56. The second kappa shape index (κ2) is 9.98. The Balaban J connectivity index is 1.17. The predicted molar refractivity (Wildman–Crippen MR) is 203 cm³/mol. The van der Waals surface area contributed by atoms with Gasteiger partial charge in [0, 0.05) is 27.4 Å². The molecule has 0 saturated carbocycles. The van der Waals surface area contributed by atoms with Gasteiger partial charge in [0.1, 0.15) is 11.5 Å². The Morgan fingerprint density at radius 2 is 0.673 bits per heavy atom. The topological polar surface area (TPSA) is 18.5 Å². The maximum atomic E-state index is 6.15. The number of fused-ring (bicyclic) bond motifs is 9. The van der Waals surface area contributed by atoms with Crippen molar-refractivity contribution < 1.29 is 9.47 Å². The third-order valence-corrected chi connectivity index (χ3v) is 12.1. The van der Waals surface area contributed by atoms with Crippen molar-refractivity contribution in [2.24, 2.45) is 0 Å². The number of benzene rings is 6. The van der Waals surface area contributed by atoms with Crippen molar-refractivity contribution in [3.63, 3.8) is 0 Å². The van der Waals surface area contributed by atoms with Gasteiger partial charge in [-0.25, -0.2) is 0 Å². The molecule has 2 nitrogen and oxygen atoms in total. The normalized spacial score (nSPS) is 16.2. The van der Waals surface area contributed by atoms with Crippen LogP contribution >= 0.6 is 0 Å². The first kappa shape index (κ1) is 30.0. The summed E-state index contributed by atoms with van der Waals surface area (Å²) in [6.07, 6.45) is 0. The van der Waals surface area contributed by atoms with E-state index in [4.69, 9.17) is 9.47 Å². The average molecular weight is 639 g/mol. The van der Waals surface area contributed by atoms with Crippen molar-refractivity contribution in [1.82, 2.24) is 0 Å². The molecule has 0 N–H and O–H groups in total. The van der Waals surface area contributed by atoms with Crippen LogP contribution in [0.1, 0.15) is 74.9 Å². The van der Waals surface area contributed by atoms with Crippen molar-refractivity contribution >= 4 is 0 Å². The molecule has 0 fully saturated rings. The van der Waals surface area contributed by atoms with Crippen LogP contribution < -0.4 is 9.47 Å². The van der Waals surface area contributed by atoms with E-state index >= 15 is 0 Å². The molecule has 3 aliphatic carbocycles. The summed E-state index contributed by atoms with van der Waals surface area (Å²) in [4.78, 5) is 0. The zero-order valence-corrected chi connectivity index (χ0v) is 29.7. The Morgan fingerprint density at radius 3 is 1.08 bits per heavy atom. The molecule has 0 heterocycles. The number of hydrogen-bond acceptors (Lipinski definition) is 2. The lowest BCUT2D eigenvalue weighted by Crippen LogP contribution is -2.16. The minimum Gasteiger partial charge on any atom is -0.496 e. The van der Waals surface area contributed by atoms with Crippen LogP contribution in [-0.4, -0.2) is 14.2 Å². The molecule has 0 radical (unpaired) electrons. The molecule has 2 heteroatoms. The molecule has 0 bridgehead atoms. The molecular weight excluding hydrogens is 597 g/mol. The Bertz CT molecular complexity index is 2220. The lowest BCUT2D eigenvalue weighted by Gasteiger charge is -2.25. The van der Waals surface area contributed by atoms with Gasteiger partial charge in [-0.15, -0.1) is 0 Å². The summed E-state index contributed by atoms with van der Waals surface area (Å²) in [7, 11) is 3.58. The summed E-state index contributed by atoms with van der Waals surface area (Å²) in [5, 5.41) is 0. The molecular formula is C47H42O2. The van der Waals surface area contributed by atoms with E-state index in [0.29, 0.717) is 0 Å². The van der Waals surface area contributed by atoms with E-state index in [-0.39, 0.29) is 16.2 Å². The van der Waals surface area contributed by atoms with Crippen LogP contribution in [0.3, 0.4) is 0 Å². The number of methoxy groups -OCH3 is 2. The summed E-state index contributed by atoms with van der Waals surface area (Å²) >= 11 is 0. The highest BCUT2D eigenvalue weighted by Gasteiger charge is 2.40. The van der Waals surface area contributed by atoms with Crippen LogP contribution in [-0.2, 0) is 16.2 Å². The van der Waals surface area contributed by atoms with Crippen LogP contribution in [0.5, 0.6) is 11.5 Å². The maximum Gasteiger partial charge on any atom is 0.127 e. The molecule has 6 aromatic rings. The van der Waals surface area contributed by atoms with E-state index < -0.39 is 0 Å². The Kier molecular flexibility index (Phi) is 6.11. The van der Waals surface area contributed by atoms with E-state index in [0.717, 1.165) is 22.6 Å². The van der Waals surface area contributed by atoms with Crippen LogP contribution in [0.25, 0.3) is 55.6 Å². The second-order valence-electron chi connectivity index (χ2n) is 15.7. The molecule has 0 spiro atoms. The van der Waals surface area contributed by atoms with Crippen molar-refractivity contribution in [1.29, 1.82) is 0 Å². The second-order valence-corrected chi connectivity index (χ2v) is 15.7. The van der Waals surface area contributed by atoms with Gasteiger partial charge in [-0.05, 0) is 114 Å². The predicted octanol–water partition coefficient (Wildman–Crippen LogP) is 12.0. The SMILES string of the molecule is COc1cc2c(cc1-c1ccc3c(c1)C(C)(C)c1ccccc1-3)C(C)(C)c1cc(-c3ccc4c(c3)C(C)(C)c3ccccc3-4)c(OC)cc1-2. The van der Waals surface area contributed by atoms with Gasteiger partial charge in [-0.1, -0.05) is 114 Å². The number of hydrogen-bond donors (Lipinski definition) is 0. The molecule has 242 valence electrons. The zero-order chi connectivity index (χ0) is 34.0. The molecule has 3 aliphatic rings. The van der Waals surface area contributed by atoms with Crippen LogP contribution in [0.2, 0.25) is 0 Å². The summed E-state index contributed by atoms with van der Waals surface area (Å²) < 4.78 is 12.3. The summed E-state index contributed by atoms with van der Waals surface area (Å²) in [5.74, 6) is 1.78. The fourth-order valence-corrected chi connectivity index (χ4v) is 9.32. The number of rotatable bonds is 4. The molecule has 6 aromatic carbocycles. The standard InChI is InChI=1S/C47H42O2/c1-45(2)37-15-11-9-13-29(37)31-19-17-27(21-39(31)45)33-23-41-35(25-43(33)48-7)36-26-44(49-8)34(24-42(36)47(41,5)6)28-18-20-32-30-14-10-12-16-38(30)46(3,4)40(32)22-28/h9-26H,1-8H3. The highest BCUT2D eigenvalue weighted by atomic mass is 16.5. The van der Waals surface area contributed by atoms with Crippen molar-refractivity contribution in [2.45, 2.75) is 57.8 Å². The van der Waals surface area contributed by atoms with Crippen molar-refractivity contribution in [3.05, 3.63) is 143 Å². The fourth-order valence-electron chi connectivity index (χ4n) is 9.32. The monoisotopic (exact) mass is 638 g/mol. The van der Waals surface area contributed by atoms with Crippen LogP contribution in [0.4, 0.5) is 0 Å². The molecule has 0 aliphatic heterocycles. The summed E-state index contributed by atoms with van der Waals surface area (Å²) in [6, 6.07) is 40.8. The lowest BCUT2D eigenvalue weighted by molar-refractivity contribution is 0.416. The summed E-state index contributed by atoms with van der Waals surface area (Å²) in [6.45, 7) is 14.1. The van der Waals surface area contributed by atoms with E-state index in [2.05, 4.69) is 151 Å². The lowest BCUT2D eigenvalue weighted by atomic mass is 9.79. The quantitative estimate of drug-likeness (QED) is 0.191. The minimum atomic E-state index is -0.217. The largest absolute Gasteiger partial charge is 0.496 e. The molecule has 0 saturated heterocycles. The fraction of sp³-hybridized carbons (Fsp3) is 0.234. The molecule has 0 amide bonds. The minimum absolute atomic E-state index is 0.0656. The van der Waals surface area contributed by atoms with E-state index in [1.807, 2.05) is 0 Å². The third-order valence-electron chi connectivity index (χ3n) is 12.1. The van der Waals surface area contributed by atoms with Gasteiger partial charge in [0.25, 0.3) is 0 Å². The van der Waals surface area contributed by atoms with Gasteiger partial charge in [-0.3, -0.25) is 0 Å². The first-order valence-electron chi connectivity index (χ1n) is 17.4. The summed E-state index contributed by atoms with van der Waals surface area (Å²) in [5.41, 5.74) is 20.2. The molecule has 49 heavy (non-hydrogen) atoms. The zero-order valence-electron chi connectivity index (χ0n) is 29.7. The van der Waals surface area contributed by atoms with Gasteiger partial charge >= 0.3 is 0 Å². The third kappa shape index (κ3) is 3.95. The first-order chi connectivity index (χ1) is 23.5. The highest BCUT2D eigenvalue weighted by molar-refractivity contribution is 5.92. The first-order valence-corrected chi connectivity index (χ1v) is 17.4. The molecule has 0 unspecified atom stereocenters. The van der Waals surface area contributed by atoms with E-state index in [9.17, 15) is 0 Å².